The van der Waals surface area contributed by atoms with E-state index in [9.17, 15) is 4.79 Å². The number of ether oxygens (including phenoxy) is 1. The average Bonchev–Trinajstić information content (AvgIpc) is 2.61. The Kier molecular flexibility index (Phi) is 11.9. The zero-order valence-corrected chi connectivity index (χ0v) is 15.6. The Bertz CT molecular complexity index is 510. The Morgan fingerprint density at radius 1 is 1.16 bits per heavy atom. The molecule has 138 valence electrons. The topological polar surface area (TPSA) is 51.2 Å². The summed E-state index contributed by atoms with van der Waals surface area (Å²) in [7, 11) is 0. The molecule has 0 aromatic carbocycles. The van der Waals surface area contributed by atoms with Crippen LogP contribution < -0.4 is 10.1 Å². The highest BCUT2D eigenvalue weighted by atomic mass is 16.5. The molecule has 1 heterocycles. The maximum Gasteiger partial charge on any atom is 0.243 e. The summed E-state index contributed by atoms with van der Waals surface area (Å²) in [6.07, 6.45) is 16.2. The van der Waals surface area contributed by atoms with E-state index >= 15 is 0 Å². The third-order valence-electron chi connectivity index (χ3n) is 3.58. The second-order valence-electron chi connectivity index (χ2n) is 6.50. The highest BCUT2D eigenvalue weighted by molar-refractivity contribution is 5.87. The smallest absolute Gasteiger partial charge is 0.243 e. The lowest BCUT2D eigenvalue weighted by Gasteiger charge is -2.04. The number of carbonyl (C=O) groups excluding carboxylic acids is 1. The molecular formula is C21H32N2O2. The summed E-state index contributed by atoms with van der Waals surface area (Å²) in [4.78, 5) is 15.6. The van der Waals surface area contributed by atoms with Crippen LogP contribution in [0.25, 0.3) is 0 Å². The lowest BCUT2D eigenvalue weighted by atomic mass is 10.1. The fourth-order valence-corrected chi connectivity index (χ4v) is 2.19. The first kappa shape index (κ1) is 20.9. The number of amides is 1. The highest BCUT2D eigenvalue weighted by Gasteiger charge is 1.96. The van der Waals surface area contributed by atoms with Gasteiger partial charge in [-0.15, -0.1) is 0 Å². The average molecular weight is 344 g/mol. The van der Waals surface area contributed by atoms with Gasteiger partial charge in [0.1, 0.15) is 0 Å². The van der Waals surface area contributed by atoms with Crippen molar-refractivity contribution in [3.05, 3.63) is 48.7 Å². The van der Waals surface area contributed by atoms with Crippen molar-refractivity contribution in [3.8, 4) is 5.88 Å². The largest absolute Gasteiger partial charge is 0.478 e. The molecule has 0 bridgehead atoms. The third-order valence-corrected chi connectivity index (χ3v) is 3.58. The molecule has 1 N–H and O–H groups in total. The van der Waals surface area contributed by atoms with E-state index in [4.69, 9.17) is 4.74 Å². The van der Waals surface area contributed by atoms with Gasteiger partial charge in [-0.1, -0.05) is 57.4 Å². The minimum Gasteiger partial charge on any atom is -0.478 e. The number of rotatable bonds is 13. The van der Waals surface area contributed by atoms with Crippen LogP contribution in [-0.4, -0.2) is 24.0 Å². The maximum atomic E-state index is 11.5. The fourth-order valence-electron chi connectivity index (χ4n) is 2.19. The van der Waals surface area contributed by atoms with Gasteiger partial charge in [0, 0.05) is 24.9 Å². The third kappa shape index (κ3) is 12.9. The van der Waals surface area contributed by atoms with Crippen molar-refractivity contribution in [1.29, 1.82) is 0 Å². The van der Waals surface area contributed by atoms with Gasteiger partial charge in [0.15, 0.2) is 0 Å². The molecule has 4 nitrogen and oxygen atoms in total. The van der Waals surface area contributed by atoms with Gasteiger partial charge in [-0.25, -0.2) is 4.98 Å². The van der Waals surface area contributed by atoms with Gasteiger partial charge in [0.2, 0.25) is 11.8 Å². The molecule has 0 aliphatic carbocycles. The second kappa shape index (κ2) is 14.3. The Morgan fingerprint density at radius 3 is 2.72 bits per heavy atom. The Labute approximate surface area is 152 Å². The minimum atomic E-state index is -0.0220. The summed E-state index contributed by atoms with van der Waals surface area (Å²) in [5.41, 5.74) is 0. The van der Waals surface area contributed by atoms with Crippen molar-refractivity contribution in [2.24, 2.45) is 5.92 Å². The number of hydrogen-bond donors (Lipinski definition) is 1. The van der Waals surface area contributed by atoms with Crippen molar-refractivity contribution in [1.82, 2.24) is 10.3 Å². The number of aromatic nitrogens is 1. The summed E-state index contributed by atoms with van der Waals surface area (Å²) in [6.45, 7) is 5.62. The summed E-state index contributed by atoms with van der Waals surface area (Å²) >= 11 is 0. The van der Waals surface area contributed by atoms with Crippen LogP contribution in [0.4, 0.5) is 0 Å². The Morgan fingerprint density at radius 2 is 1.96 bits per heavy atom. The molecule has 0 fully saturated rings. The quantitative estimate of drug-likeness (QED) is 0.321. The van der Waals surface area contributed by atoms with Crippen LogP contribution in [0.2, 0.25) is 0 Å². The summed E-state index contributed by atoms with van der Waals surface area (Å²) in [6, 6.07) is 5.70. The van der Waals surface area contributed by atoms with E-state index in [1.54, 1.807) is 12.3 Å². The minimum absolute atomic E-state index is 0.0220. The van der Waals surface area contributed by atoms with E-state index in [1.165, 1.54) is 25.7 Å². The number of allylic oxidation sites excluding steroid dienone is 3. The van der Waals surface area contributed by atoms with Crippen LogP contribution in [0.5, 0.6) is 5.88 Å². The highest BCUT2D eigenvalue weighted by Crippen LogP contribution is 2.08. The van der Waals surface area contributed by atoms with Crippen molar-refractivity contribution in [2.75, 3.05) is 13.2 Å². The van der Waals surface area contributed by atoms with E-state index in [-0.39, 0.29) is 5.91 Å². The Hall–Kier alpha value is -2.10. The predicted octanol–water partition coefficient (Wildman–Crippen LogP) is 4.69. The first-order chi connectivity index (χ1) is 12.2. The van der Waals surface area contributed by atoms with E-state index < -0.39 is 0 Å². The van der Waals surface area contributed by atoms with Gasteiger partial charge in [-0.05, 0) is 31.2 Å². The molecule has 0 aliphatic rings. The SMILES string of the molecule is CC(C)CNC(=O)/C=C/C=C/CCCCCCCOc1ccccn1. The molecule has 1 amide bonds. The lowest BCUT2D eigenvalue weighted by molar-refractivity contribution is -0.116. The number of carbonyl (C=O) groups is 1. The van der Waals surface area contributed by atoms with Crippen molar-refractivity contribution >= 4 is 5.91 Å². The summed E-state index contributed by atoms with van der Waals surface area (Å²) in [5, 5.41) is 2.85. The van der Waals surface area contributed by atoms with E-state index in [0.29, 0.717) is 11.8 Å². The van der Waals surface area contributed by atoms with Crippen molar-refractivity contribution < 1.29 is 9.53 Å². The van der Waals surface area contributed by atoms with Gasteiger partial charge in [-0.2, -0.15) is 0 Å². The molecule has 0 saturated heterocycles. The van der Waals surface area contributed by atoms with Crippen molar-refractivity contribution in [3.63, 3.8) is 0 Å². The zero-order chi connectivity index (χ0) is 18.2. The van der Waals surface area contributed by atoms with E-state index in [0.717, 1.165) is 26.0 Å². The molecule has 1 rings (SSSR count). The zero-order valence-electron chi connectivity index (χ0n) is 15.6. The number of unbranched alkanes of at least 4 members (excludes halogenated alkanes) is 5. The first-order valence-corrected chi connectivity index (χ1v) is 9.33. The molecule has 0 atom stereocenters. The number of nitrogens with zero attached hydrogens (tertiary/aromatic N) is 1. The molecule has 4 heteroatoms. The van der Waals surface area contributed by atoms with E-state index in [1.807, 2.05) is 30.4 Å². The van der Waals surface area contributed by atoms with Crippen LogP contribution in [0.3, 0.4) is 0 Å². The van der Waals surface area contributed by atoms with Crippen LogP contribution in [-0.2, 0) is 4.79 Å². The molecule has 0 radical (unpaired) electrons. The van der Waals surface area contributed by atoms with Crippen LogP contribution >= 0.6 is 0 Å². The van der Waals surface area contributed by atoms with Gasteiger partial charge in [-0.3, -0.25) is 4.79 Å². The molecule has 0 spiro atoms. The van der Waals surface area contributed by atoms with Crippen LogP contribution in [0.15, 0.2) is 48.7 Å². The molecule has 25 heavy (non-hydrogen) atoms. The summed E-state index contributed by atoms with van der Waals surface area (Å²) in [5.74, 6) is 1.17. The van der Waals surface area contributed by atoms with Gasteiger partial charge >= 0.3 is 0 Å². The second-order valence-corrected chi connectivity index (χ2v) is 6.50. The molecule has 0 saturated carbocycles. The van der Waals surface area contributed by atoms with E-state index in [2.05, 4.69) is 30.2 Å². The normalized spacial score (nSPS) is 11.5. The standard InChI is InChI=1S/C21H32N2O2/c1-19(2)18-23-20(24)14-10-8-6-4-3-5-7-9-13-17-25-21-15-11-12-16-22-21/h6,8,10-12,14-16,19H,3-5,7,9,13,17-18H2,1-2H3,(H,23,24)/b8-6+,14-10+. The first-order valence-electron chi connectivity index (χ1n) is 9.33. The molecule has 1 aromatic rings. The number of hydrogen-bond acceptors (Lipinski definition) is 3. The molecule has 0 aliphatic heterocycles. The monoisotopic (exact) mass is 344 g/mol. The fraction of sp³-hybridized carbons (Fsp3) is 0.524. The molecular weight excluding hydrogens is 312 g/mol. The maximum absolute atomic E-state index is 11.5. The lowest BCUT2D eigenvalue weighted by Crippen LogP contribution is -2.25. The van der Waals surface area contributed by atoms with Crippen LogP contribution in [0, 0.1) is 5.92 Å². The van der Waals surface area contributed by atoms with Crippen molar-refractivity contribution in [2.45, 2.75) is 52.4 Å². The van der Waals surface area contributed by atoms with Gasteiger partial charge in [0.05, 0.1) is 6.61 Å². The Balaban J connectivity index is 1.90. The predicted molar refractivity (Wildman–Crippen MR) is 104 cm³/mol. The summed E-state index contributed by atoms with van der Waals surface area (Å²) < 4.78 is 5.57. The molecule has 0 unspecified atom stereocenters. The van der Waals surface area contributed by atoms with Gasteiger partial charge < -0.3 is 10.1 Å². The number of pyridine rings is 1. The van der Waals surface area contributed by atoms with Crippen LogP contribution in [0.1, 0.15) is 52.4 Å². The molecule has 1 aromatic heterocycles. The van der Waals surface area contributed by atoms with Gasteiger partial charge in [0.25, 0.3) is 0 Å². The number of nitrogens with one attached hydrogen (secondary N) is 1.